The molecule has 18 heavy (non-hydrogen) atoms. The monoisotopic (exact) mass is 238 g/mol. The first-order valence-electron chi connectivity index (χ1n) is 5.67. The third kappa shape index (κ3) is 2.83. The lowest BCUT2D eigenvalue weighted by molar-refractivity contribution is 0.319. The second-order valence-electron chi connectivity index (χ2n) is 3.93. The van der Waals surface area contributed by atoms with E-state index in [4.69, 9.17) is 5.21 Å². The molecule has 2 rings (SSSR count). The number of benzene rings is 1. The van der Waals surface area contributed by atoms with Crippen LogP contribution in [-0.4, -0.2) is 15.9 Å². The Morgan fingerprint density at radius 2 is 1.94 bits per heavy atom. The van der Waals surface area contributed by atoms with Gasteiger partial charge in [-0.25, -0.2) is 0 Å². The average molecular weight is 238 g/mol. The van der Waals surface area contributed by atoms with Crippen molar-refractivity contribution in [2.75, 3.05) is 0 Å². The van der Waals surface area contributed by atoms with Gasteiger partial charge >= 0.3 is 0 Å². The molecule has 0 aliphatic rings. The smallest absolute Gasteiger partial charge is 0.112 e. The van der Waals surface area contributed by atoms with Crippen molar-refractivity contribution in [3.05, 3.63) is 71.6 Å². The van der Waals surface area contributed by atoms with Crippen LogP contribution < -0.4 is 0 Å². The fourth-order valence-electron chi connectivity index (χ4n) is 1.74. The summed E-state index contributed by atoms with van der Waals surface area (Å²) in [5.41, 5.74) is 3.32. The van der Waals surface area contributed by atoms with E-state index < -0.39 is 0 Å². The summed E-state index contributed by atoms with van der Waals surface area (Å²) < 4.78 is 0. The van der Waals surface area contributed by atoms with Gasteiger partial charge in [0, 0.05) is 18.0 Å². The van der Waals surface area contributed by atoms with Gasteiger partial charge in [0.1, 0.15) is 5.71 Å². The molecule has 0 aliphatic carbocycles. The first kappa shape index (κ1) is 12.0. The van der Waals surface area contributed by atoms with Gasteiger partial charge in [-0.3, -0.25) is 4.98 Å². The predicted molar refractivity (Wildman–Crippen MR) is 72.7 cm³/mol. The van der Waals surface area contributed by atoms with Crippen molar-refractivity contribution >= 4 is 11.8 Å². The molecule has 0 unspecified atom stereocenters. The minimum atomic E-state index is 0.569. The lowest BCUT2D eigenvalue weighted by atomic mass is 10.0. The van der Waals surface area contributed by atoms with Crippen LogP contribution in [0.15, 0.2) is 65.6 Å². The van der Waals surface area contributed by atoms with Crippen LogP contribution in [0.4, 0.5) is 0 Å². The van der Waals surface area contributed by atoms with E-state index in [1.165, 1.54) is 0 Å². The second kappa shape index (κ2) is 5.77. The van der Waals surface area contributed by atoms with Crippen molar-refractivity contribution in [1.29, 1.82) is 0 Å². The first-order valence-corrected chi connectivity index (χ1v) is 5.67. The van der Waals surface area contributed by atoms with Crippen molar-refractivity contribution in [3.8, 4) is 0 Å². The van der Waals surface area contributed by atoms with E-state index >= 15 is 0 Å². The minimum Gasteiger partial charge on any atom is -0.410 e. The zero-order valence-electron chi connectivity index (χ0n) is 10.1. The summed E-state index contributed by atoms with van der Waals surface area (Å²) >= 11 is 0. The third-order valence-corrected chi connectivity index (χ3v) is 2.59. The molecule has 0 saturated heterocycles. The fourth-order valence-corrected chi connectivity index (χ4v) is 1.74. The summed E-state index contributed by atoms with van der Waals surface area (Å²) in [5.74, 6) is 0. The van der Waals surface area contributed by atoms with Crippen molar-refractivity contribution in [1.82, 2.24) is 4.98 Å². The molecule has 1 aromatic heterocycles. The zero-order chi connectivity index (χ0) is 12.8. The molecule has 0 bridgehead atoms. The minimum absolute atomic E-state index is 0.569. The summed E-state index contributed by atoms with van der Waals surface area (Å²) in [6.07, 6.45) is 5.43. The van der Waals surface area contributed by atoms with Crippen molar-refractivity contribution in [2.45, 2.75) is 6.92 Å². The summed E-state index contributed by atoms with van der Waals surface area (Å²) in [6, 6.07) is 13.4. The molecule has 1 N–H and O–H groups in total. The molecule has 2 aromatic rings. The van der Waals surface area contributed by atoms with Crippen molar-refractivity contribution in [2.24, 2.45) is 5.16 Å². The molecule has 0 fully saturated rings. The molecule has 3 heteroatoms. The highest BCUT2D eigenvalue weighted by Gasteiger charge is 2.06. The van der Waals surface area contributed by atoms with Crippen LogP contribution >= 0.6 is 0 Å². The van der Waals surface area contributed by atoms with Crippen LogP contribution in [0.1, 0.15) is 18.1 Å². The van der Waals surface area contributed by atoms with Crippen LogP contribution in [0.2, 0.25) is 0 Å². The molecule has 1 heterocycles. The van der Waals surface area contributed by atoms with Gasteiger partial charge in [-0.2, -0.15) is 0 Å². The van der Waals surface area contributed by atoms with Gasteiger partial charge in [-0.15, -0.1) is 0 Å². The maximum absolute atomic E-state index is 9.16. The quantitative estimate of drug-likeness (QED) is 0.506. The molecular weight excluding hydrogens is 224 g/mol. The second-order valence-corrected chi connectivity index (χ2v) is 3.93. The summed E-state index contributed by atoms with van der Waals surface area (Å²) in [5, 5.41) is 12.5. The fraction of sp³-hybridized carbons (Fsp3) is 0.0667. The normalized spacial score (nSPS) is 12.5. The highest BCUT2D eigenvalue weighted by Crippen LogP contribution is 2.12. The summed E-state index contributed by atoms with van der Waals surface area (Å²) in [6.45, 7) is 1.91. The predicted octanol–water partition coefficient (Wildman–Crippen LogP) is 3.36. The molecule has 0 aliphatic heterocycles. The molecule has 3 nitrogen and oxygen atoms in total. The molecule has 0 amide bonds. The van der Waals surface area contributed by atoms with Crippen LogP contribution in [-0.2, 0) is 0 Å². The third-order valence-electron chi connectivity index (χ3n) is 2.59. The van der Waals surface area contributed by atoms with E-state index in [2.05, 4.69) is 10.1 Å². The average Bonchev–Trinajstić information content (AvgIpc) is 2.42. The Morgan fingerprint density at radius 3 is 2.56 bits per heavy atom. The van der Waals surface area contributed by atoms with Gasteiger partial charge in [-0.05, 0) is 30.2 Å². The number of pyridine rings is 1. The number of hydrogen-bond acceptors (Lipinski definition) is 3. The van der Waals surface area contributed by atoms with Gasteiger partial charge in [0.25, 0.3) is 0 Å². The van der Waals surface area contributed by atoms with E-state index in [0.717, 1.165) is 16.7 Å². The van der Waals surface area contributed by atoms with Gasteiger partial charge in [0.2, 0.25) is 0 Å². The SMILES string of the molecule is CC(=C\c1cccnc1)/C(=N/O)c1ccccc1. The van der Waals surface area contributed by atoms with E-state index in [9.17, 15) is 0 Å². The highest BCUT2D eigenvalue weighted by atomic mass is 16.4. The highest BCUT2D eigenvalue weighted by molar-refractivity contribution is 6.14. The standard InChI is InChI=1S/C15H14N2O/c1-12(10-13-6-5-9-16-11-13)15(17-18)14-7-3-2-4-8-14/h2-11,18H,1H3/b12-10+,17-15-. The molecule has 0 saturated carbocycles. The number of rotatable bonds is 3. The van der Waals surface area contributed by atoms with Crippen LogP contribution in [0.25, 0.3) is 6.08 Å². The van der Waals surface area contributed by atoms with E-state index in [0.29, 0.717) is 5.71 Å². The zero-order valence-corrected chi connectivity index (χ0v) is 10.1. The van der Waals surface area contributed by atoms with Gasteiger partial charge in [0.05, 0.1) is 0 Å². The molecule has 0 radical (unpaired) electrons. The largest absolute Gasteiger partial charge is 0.410 e. The van der Waals surface area contributed by atoms with Gasteiger partial charge in [0.15, 0.2) is 0 Å². The topological polar surface area (TPSA) is 45.5 Å². The van der Waals surface area contributed by atoms with Crippen molar-refractivity contribution in [3.63, 3.8) is 0 Å². The number of allylic oxidation sites excluding steroid dienone is 1. The maximum atomic E-state index is 9.16. The lowest BCUT2D eigenvalue weighted by Crippen LogP contribution is -2.02. The Hall–Kier alpha value is -2.42. The molecule has 0 spiro atoms. The molecule has 1 aromatic carbocycles. The Kier molecular flexibility index (Phi) is 3.86. The summed E-state index contributed by atoms with van der Waals surface area (Å²) in [7, 11) is 0. The molecular formula is C15H14N2O. The molecule has 0 atom stereocenters. The van der Waals surface area contributed by atoms with E-state index in [-0.39, 0.29) is 0 Å². The van der Waals surface area contributed by atoms with Gasteiger partial charge < -0.3 is 5.21 Å². The number of nitrogens with zero attached hydrogens (tertiary/aromatic N) is 2. The van der Waals surface area contributed by atoms with Crippen LogP contribution in [0.5, 0.6) is 0 Å². The van der Waals surface area contributed by atoms with Crippen LogP contribution in [0, 0.1) is 0 Å². The Bertz CT molecular complexity index is 560. The Morgan fingerprint density at radius 1 is 1.17 bits per heavy atom. The number of aromatic nitrogens is 1. The van der Waals surface area contributed by atoms with Crippen molar-refractivity contribution < 1.29 is 5.21 Å². The Balaban J connectivity index is 2.33. The lowest BCUT2D eigenvalue weighted by Gasteiger charge is -2.05. The van der Waals surface area contributed by atoms with E-state index in [1.54, 1.807) is 12.4 Å². The first-order chi connectivity index (χ1) is 8.81. The maximum Gasteiger partial charge on any atom is 0.112 e. The van der Waals surface area contributed by atoms with E-state index in [1.807, 2.05) is 55.5 Å². The number of hydrogen-bond donors (Lipinski definition) is 1. The van der Waals surface area contributed by atoms with Gasteiger partial charge in [-0.1, -0.05) is 41.6 Å². The van der Waals surface area contributed by atoms with Crippen LogP contribution in [0.3, 0.4) is 0 Å². The molecule has 90 valence electrons. The number of oxime groups is 1. The summed E-state index contributed by atoms with van der Waals surface area (Å²) in [4.78, 5) is 4.05. The Labute approximate surface area is 106 Å².